The lowest BCUT2D eigenvalue weighted by Gasteiger charge is -2.09. The fourth-order valence-corrected chi connectivity index (χ4v) is 1.42. The average Bonchev–Trinajstić information content (AvgIpc) is 2.35. The van der Waals surface area contributed by atoms with Crippen LogP contribution in [-0.4, -0.2) is 21.6 Å². The van der Waals surface area contributed by atoms with E-state index in [-0.39, 0.29) is 17.4 Å². The van der Waals surface area contributed by atoms with Crippen LogP contribution in [-0.2, 0) is 0 Å². The van der Waals surface area contributed by atoms with Crippen LogP contribution < -0.4 is 15.2 Å². The van der Waals surface area contributed by atoms with E-state index in [1.165, 1.54) is 18.7 Å². The predicted octanol–water partition coefficient (Wildman–Crippen LogP) is 2.30. The minimum absolute atomic E-state index is 0.206. The zero-order valence-electron chi connectivity index (χ0n) is 9.63. The predicted molar refractivity (Wildman–Crippen MR) is 66.9 cm³/mol. The van der Waals surface area contributed by atoms with Gasteiger partial charge in [-0.3, -0.25) is 4.98 Å². The number of nitrogen functional groups attached to an aromatic ring is 1. The van der Waals surface area contributed by atoms with E-state index in [2.05, 4.69) is 15.0 Å². The molecule has 94 valence electrons. The van der Waals surface area contributed by atoms with Gasteiger partial charge in [-0.1, -0.05) is 11.6 Å². The fraction of sp³-hybridized carbons (Fsp3) is 0.182. The van der Waals surface area contributed by atoms with Gasteiger partial charge in [0.05, 0.1) is 17.8 Å². The molecule has 0 saturated carbocycles. The fourth-order valence-electron chi connectivity index (χ4n) is 1.26. The number of halogens is 1. The summed E-state index contributed by atoms with van der Waals surface area (Å²) >= 11 is 5.80. The molecule has 18 heavy (non-hydrogen) atoms. The molecule has 0 unspecified atom stereocenters. The number of ether oxygens (including phenoxy) is 2. The van der Waals surface area contributed by atoms with Gasteiger partial charge < -0.3 is 15.2 Å². The van der Waals surface area contributed by atoms with E-state index in [1.54, 1.807) is 6.07 Å². The molecule has 0 bridgehead atoms. The average molecular weight is 267 g/mol. The molecular weight excluding hydrogens is 256 g/mol. The van der Waals surface area contributed by atoms with Crippen molar-refractivity contribution in [1.82, 2.24) is 15.0 Å². The van der Waals surface area contributed by atoms with Crippen LogP contribution in [0.25, 0.3) is 0 Å². The van der Waals surface area contributed by atoms with E-state index in [9.17, 15) is 0 Å². The van der Waals surface area contributed by atoms with Crippen LogP contribution in [0.5, 0.6) is 17.5 Å². The van der Waals surface area contributed by atoms with Crippen molar-refractivity contribution < 1.29 is 9.47 Å². The van der Waals surface area contributed by atoms with Crippen molar-refractivity contribution in [3.63, 3.8) is 0 Å². The van der Waals surface area contributed by atoms with E-state index < -0.39 is 0 Å². The molecule has 0 fully saturated rings. The van der Waals surface area contributed by atoms with Gasteiger partial charge in [0.1, 0.15) is 12.1 Å². The summed E-state index contributed by atoms with van der Waals surface area (Å²) < 4.78 is 10.7. The third kappa shape index (κ3) is 2.78. The molecule has 2 aromatic rings. The van der Waals surface area contributed by atoms with Crippen molar-refractivity contribution in [2.75, 3.05) is 12.3 Å². The standard InChI is InChI=1S/C11H11ClN4O2/c1-2-17-10-9(13)11(16-6-15-10)18-8-3-7(12)4-14-5-8/h3-6H,2,13H2,1H3. The Labute approximate surface area is 109 Å². The Morgan fingerprint density at radius 1 is 1.28 bits per heavy atom. The van der Waals surface area contributed by atoms with E-state index in [0.717, 1.165) is 0 Å². The first kappa shape index (κ1) is 12.4. The van der Waals surface area contributed by atoms with Gasteiger partial charge in [0, 0.05) is 12.3 Å². The number of hydrogen-bond donors (Lipinski definition) is 1. The lowest BCUT2D eigenvalue weighted by molar-refractivity contribution is 0.325. The van der Waals surface area contributed by atoms with Crippen molar-refractivity contribution in [2.24, 2.45) is 0 Å². The SMILES string of the molecule is CCOc1ncnc(Oc2cncc(Cl)c2)c1N. The Morgan fingerprint density at radius 3 is 2.78 bits per heavy atom. The Kier molecular flexibility index (Phi) is 3.78. The van der Waals surface area contributed by atoms with Crippen molar-refractivity contribution in [1.29, 1.82) is 0 Å². The maximum absolute atomic E-state index is 5.83. The van der Waals surface area contributed by atoms with Gasteiger partial charge in [0.25, 0.3) is 0 Å². The third-order valence-corrected chi connectivity index (χ3v) is 2.19. The molecule has 0 saturated heterocycles. The summed E-state index contributed by atoms with van der Waals surface area (Å²) in [4.78, 5) is 11.7. The maximum Gasteiger partial charge on any atom is 0.249 e. The first-order valence-corrected chi connectivity index (χ1v) is 5.60. The van der Waals surface area contributed by atoms with Crippen LogP contribution in [0.3, 0.4) is 0 Å². The first-order valence-electron chi connectivity index (χ1n) is 5.22. The highest BCUT2D eigenvalue weighted by Gasteiger charge is 2.11. The summed E-state index contributed by atoms with van der Waals surface area (Å²) in [6.45, 7) is 2.29. The van der Waals surface area contributed by atoms with Crippen molar-refractivity contribution in [2.45, 2.75) is 6.92 Å². The van der Waals surface area contributed by atoms with E-state index in [0.29, 0.717) is 17.4 Å². The minimum atomic E-state index is 0.206. The highest BCUT2D eigenvalue weighted by Crippen LogP contribution is 2.30. The minimum Gasteiger partial charge on any atom is -0.476 e. The number of hydrogen-bond acceptors (Lipinski definition) is 6. The summed E-state index contributed by atoms with van der Waals surface area (Å²) in [7, 11) is 0. The molecule has 6 nitrogen and oxygen atoms in total. The van der Waals surface area contributed by atoms with Gasteiger partial charge >= 0.3 is 0 Å². The second-order valence-corrected chi connectivity index (χ2v) is 3.71. The van der Waals surface area contributed by atoms with Gasteiger partial charge in [-0.15, -0.1) is 0 Å². The Hall–Kier alpha value is -2.08. The van der Waals surface area contributed by atoms with Crippen LogP contribution in [0.1, 0.15) is 6.92 Å². The van der Waals surface area contributed by atoms with Gasteiger partial charge in [0.2, 0.25) is 11.8 Å². The van der Waals surface area contributed by atoms with Crippen LogP contribution in [0, 0.1) is 0 Å². The number of rotatable bonds is 4. The largest absolute Gasteiger partial charge is 0.476 e. The molecule has 2 heterocycles. The molecule has 2 aromatic heterocycles. The summed E-state index contributed by atoms with van der Waals surface area (Å²) in [5.41, 5.74) is 6.06. The van der Waals surface area contributed by atoms with Crippen LogP contribution in [0.15, 0.2) is 24.8 Å². The van der Waals surface area contributed by atoms with E-state index in [4.69, 9.17) is 26.8 Å². The number of nitrogens with zero attached hydrogens (tertiary/aromatic N) is 3. The smallest absolute Gasteiger partial charge is 0.249 e. The lowest BCUT2D eigenvalue weighted by atomic mass is 10.4. The third-order valence-electron chi connectivity index (χ3n) is 1.99. The quantitative estimate of drug-likeness (QED) is 0.914. The van der Waals surface area contributed by atoms with Gasteiger partial charge in [0.15, 0.2) is 5.69 Å². The van der Waals surface area contributed by atoms with Crippen LogP contribution >= 0.6 is 11.6 Å². The summed E-state index contributed by atoms with van der Waals surface area (Å²) in [5, 5.41) is 0.463. The zero-order chi connectivity index (χ0) is 13.0. The van der Waals surface area contributed by atoms with Crippen molar-refractivity contribution >= 4 is 17.3 Å². The molecule has 2 N–H and O–H groups in total. The van der Waals surface area contributed by atoms with Gasteiger partial charge in [-0.2, -0.15) is 9.97 Å². The van der Waals surface area contributed by atoms with Gasteiger partial charge in [-0.25, -0.2) is 0 Å². The highest BCUT2D eigenvalue weighted by molar-refractivity contribution is 6.30. The Morgan fingerprint density at radius 2 is 2.06 bits per heavy atom. The molecular formula is C11H11ClN4O2. The summed E-state index contributed by atoms with van der Waals surface area (Å²) in [5.74, 6) is 0.936. The summed E-state index contributed by atoms with van der Waals surface area (Å²) in [6, 6.07) is 1.61. The number of anilines is 1. The molecule has 0 atom stereocenters. The Bertz CT molecular complexity index is 550. The molecule has 0 aromatic carbocycles. The molecule has 0 radical (unpaired) electrons. The van der Waals surface area contributed by atoms with E-state index >= 15 is 0 Å². The summed E-state index contributed by atoms with van der Waals surface area (Å²) in [6.07, 6.45) is 4.33. The zero-order valence-corrected chi connectivity index (χ0v) is 10.4. The highest BCUT2D eigenvalue weighted by atomic mass is 35.5. The monoisotopic (exact) mass is 266 g/mol. The molecule has 0 aliphatic heterocycles. The van der Waals surface area contributed by atoms with Gasteiger partial charge in [-0.05, 0) is 6.92 Å². The maximum atomic E-state index is 5.83. The number of pyridine rings is 1. The molecule has 0 aliphatic rings. The van der Waals surface area contributed by atoms with E-state index in [1.807, 2.05) is 6.92 Å². The molecule has 2 rings (SSSR count). The normalized spacial score (nSPS) is 10.1. The number of aromatic nitrogens is 3. The first-order chi connectivity index (χ1) is 8.70. The lowest BCUT2D eigenvalue weighted by Crippen LogP contribution is -2.03. The molecule has 0 amide bonds. The van der Waals surface area contributed by atoms with Crippen molar-refractivity contribution in [3.8, 4) is 17.5 Å². The topological polar surface area (TPSA) is 83.2 Å². The molecule has 0 aliphatic carbocycles. The molecule has 7 heteroatoms. The second-order valence-electron chi connectivity index (χ2n) is 3.27. The Balaban J connectivity index is 2.26. The molecule has 0 spiro atoms. The van der Waals surface area contributed by atoms with Crippen molar-refractivity contribution in [3.05, 3.63) is 29.8 Å². The van der Waals surface area contributed by atoms with Crippen LogP contribution in [0.4, 0.5) is 5.69 Å². The number of nitrogens with two attached hydrogens (primary N) is 1. The second kappa shape index (κ2) is 5.50. The van der Waals surface area contributed by atoms with Crippen LogP contribution in [0.2, 0.25) is 5.02 Å².